The van der Waals surface area contributed by atoms with Gasteiger partial charge in [-0.1, -0.05) is 0 Å². The summed E-state index contributed by atoms with van der Waals surface area (Å²) in [5.41, 5.74) is 0. The van der Waals surface area contributed by atoms with E-state index >= 15 is 0 Å². The van der Waals surface area contributed by atoms with Gasteiger partial charge in [0.25, 0.3) is 0 Å². The molecule has 57 heavy (non-hydrogen) atoms. The largest absolute Gasteiger partial charge is 0.306 e. The second-order valence-corrected chi connectivity index (χ2v) is 24.4. The number of fused-ring (bicyclic) bond motifs is 6. The van der Waals surface area contributed by atoms with Crippen LogP contribution in [0.4, 0.5) is 0 Å². The summed E-state index contributed by atoms with van der Waals surface area (Å²) in [5.74, 6) is 12.2. The van der Waals surface area contributed by atoms with Crippen LogP contribution in [0.3, 0.4) is 0 Å². The van der Waals surface area contributed by atoms with Gasteiger partial charge in [-0.15, -0.1) is 0 Å². The molecule has 0 N–H and O–H groups in total. The highest BCUT2D eigenvalue weighted by Gasteiger charge is 2.49. The summed E-state index contributed by atoms with van der Waals surface area (Å²) >= 11 is 0. The normalized spacial score (nSPS) is 50.1. The lowest BCUT2D eigenvalue weighted by atomic mass is 9.58. The first-order chi connectivity index (χ1) is 27.6. The van der Waals surface area contributed by atoms with Gasteiger partial charge in [0.15, 0.2) is 0 Å². The Hall–Kier alpha value is -0.240. The molecule has 0 aromatic carbocycles. The van der Waals surface area contributed by atoms with Crippen molar-refractivity contribution in [2.24, 2.45) is 71.0 Å². The zero-order valence-corrected chi connectivity index (χ0v) is 38.2. The molecule has 18 atom stereocenters. The smallest absolute Gasteiger partial charge is 0.0535 e. The SMILES string of the molecule is CN(C)C1CCC2CC3CC(N4CN(C5CCC6CC7CC(N(C)C)CCC7CC6C5)CN(C5CCC6CC7CC(N(C)C)CCC7CC6C5)C4)CCC3CC2C1. The molecule has 324 valence electrons. The second-order valence-electron chi connectivity index (χ2n) is 24.4. The van der Waals surface area contributed by atoms with Gasteiger partial charge < -0.3 is 14.7 Å². The molecule has 0 aromatic rings. The molecule has 18 unspecified atom stereocenters. The quantitative estimate of drug-likeness (QED) is 0.266. The number of nitrogens with zero attached hydrogens (tertiary/aromatic N) is 6. The summed E-state index contributed by atoms with van der Waals surface area (Å²) in [7, 11) is 14.0. The molecule has 10 fully saturated rings. The van der Waals surface area contributed by atoms with E-state index in [1.165, 1.54) is 136 Å². The van der Waals surface area contributed by atoms with E-state index in [4.69, 9.17) is 0 Å². The molecule has 1 saturated heterocycles. The van der Waals surface area contributed by atoms with Crippen LogP contribution in [0.15, 0.2) is 0 Å². The van der Waals surface area contributed by atoms with E-state index in [9.17, 15) is 0 Å². The highest BCUT2D eigenvalue weighted by molar-refractivity contribution is 5.01. The molecule has 0 bridgehead atoms. The zero-order valence-electron chi connectivity index (χ0n) is 38.2. The summed E-state index contributed by atoms with van der Waals surface area (Å²) in [6.45, 7) is 3.84. The fourth-order valence-corrected chi connectivity index (χ4v) is 17.7. The molecule has 0 amide bonds. The lowest BCUT2D eigenvalue weighted by molar-refractivity contribution is -0.123. The highest BCUT2D eigenvalue weighted by atomic mass is 15.5. The Bertz CT molecular complexity index is 1170. The van der Waals surface area contributed by atoms with Crippen molar-refractivity contribution in [2.45, 2.75) is 190 Å². The van der Waals surface area contributed by atoms with E-state index in [2.05, 4.69) is 71.7 Å². The van der Waals surface area contributed by atoms with E-state index in [0.717, 1.165) is 107 Å². The molecule has 1 aliphatic heterocycles. The van der Waals surface area contributed by atoms with Crippen molar-refractivity contribution in [3.63, 3.8) is 0 Å². The second kappa shape index (κ2) is 17.1. The van der Waals surface area contributed by atoms with Crippen molar-refractivity contribution in [1.82, 2.24) is 29.4 Å². The van der Waals surface area contributed by atoms with Crippen LogP contribution >= 0.6 is 0 Å². The first-order valence-corrected chi connectivity index (χ1v) is 25.8. The van der Waals surface area contributed by atoms with Crippen molar-refractivity contribution in [3.05, 3.63) is 0 Å². The van der Waals surface area contributed by atoms with Gasteiger partial charge >= 0.3 is 0 Å². The lowest BCUT2D eigenvalue weighted by Gasteiger charge is -2.57. The fraction of sp³-hybridized carbons (Fsp3) is 1.00. The summed E-state index contributed by atoms with van der Waals surface area (Å²) in [5, 5.41) is 0. The van der Waals surface area contributed by atoms with Crippen LogP contribution in [0.5, 0.6) is 0 Å². The van der Waals surface area contributed by atoms with E-state index in [-0.39, 0.29) is 0 Å². The molecule has 6 nitrogen and oxygen atoms in total. The molecular formula is C51H90N6. The van der Waals surface area contributed by atoms with E-state index in [1.807, 2.05) is 0 Å². The van der Waals surface area contributed by atoms with Gasteiger partial charge in [0.2, 0.25) is 0 Å². The summed E-state index contributed by atoms with van der Waals surface area (Å²) in [4.78, 5) is 17.0. The van der Waals surface area contributed by atoms with E-state index in [1.54, 1.807) is 38.5 Å². The van der Waals surface area contributed by atoms with E-state index in [0.29, 0.717) is 0 Å². The molecule has 0 spiro atoms. The van der Waals surface area contributed by atoms with Crippen molar-refractivity contribution in [3.8, 4) is 0 Å². The molecule has 9 aliphatic carbocycles. The molecule has 0 radical (unpaired) electrons. The van der Waals surface area contributed by atoms with Gasteiger partial charge in [-0.3, -0.25) is 14.7 Å². The van der Waals surface area contributed by atoms with Crippen LogP contribution < -0.4 is 0 Å². The topological polar surface area (TPSA) is 19.4 Å². The Labute approximate surface area is 351 Å². The Morgan fingerprint density at radius 3 is 0.719 bits per heavy atom. The molecule has 9 saturated carbocycles. The van der Waals surface area contributed by atoms with Crippen LogP contribution in [0.25, 0.3) is 0 Å². The maximum absolute atomic E-state index is 3.13. The van der Waals surface area contributed by atoms with Gasteiger partial charge in [-0.05, 0) is 267 Å². The summed E-state index contributed by atoms with van der Waals surface area (Å²) < 4.78 is 0. The van der Waals surface area contributed by atoms with Crippen LogP contribution in [-0.2, 0) is 0 Å². The molecule has 1 heterocycles. The van der Waals surface area contributed by atoms with Crippen LogP contribution in [-0.4, -0.2) is 128 Å². The van der Waals surface area contributed by atoms with Crippen LogP contribution in [0, 0.1) is 71.0 Å². The third kappa shape index (κ3) is 8.49. The average Bonchev–Trinajstić information content (AvgIpc) is 3.22. The maximum atomic E-state index is 3.13. The first-order valence-electron chi connectivity index (χ1n) is 25.8. The molecule has 10 rings (SSSR count). The molecule has 6 heteroatoms. The van der Waals surface area contributed by atoms with Crippen LogP contribution in [0.1, 0.15) is 154 Å². The minimum atomic E-state index is 0.823. The Kier molecular flexibility index (Phi) is 12.3. The van der Waals surface area contributed by atoms with Crippen molar-refractivity contribution < 1.29 is 0 Å². The zero-order chi connectivity index (χ0) is 38.9. The summed E-state index contributed by atoms with van der Waals surface area (Å²) in [6, 6.07) is 5.00. The minimum Gasteiger partial charge on any atom is -0.306 e. The maximum Gasteiger partial charge on any atom is 0.0535 e. The van der Waals surface area contributed by atoms with Gasteiger partial charge in [-0.2, -0.15) is 0 Å². The number of hydrogen-bond donors (Lipinski definition) is 0. The lowest BCUT2D eigenvalue weighted by Crippen LogP contribution is -2.64. The van der Waals surface area contributed by atoms with Gasteiger partial charge in [0, 0.05) is 36.3 Å². The minimum absolute atomic E-state index is 0.823. The highest BCUT2D eigenvalue weighted by Crippen LogP contribution is 2.55. The predicted molar refractivity (Wildman–Crippen MR) is 237 cm³/mol. The van der Waals surface area contributed by atoms with Gasteiger partial charge in [0.05, 0.1) is 20.0 Å². The average molecular weight is 787 g/mol. The summed E-state index contributed by atoms with van der Waals surface area (Å²) in [6.07, 6.45) is 36.3. The predicted octanol–water partition coefficient (Wildman–Crippen LogP) is 9.55. The third-order valence-electron chi connectivity index (χ3n) is 21.1. The molecular weight excluding hydrogens is 697 g/mol. The number of hydrogen-bond acceptors (Lipinski definition) is 6. The standard InChI is InChI=1S/C51H90N6/c1-52(2)46-13-7-34-22-43-28-49(16-10-37(43)19-40(34)25-46)55-31-56(50-17-11-38-20-41-26-47(53(3)4)14-8-35(41)23-44(38)29-50)33-57(32-55)51-18-12-39-21-42-27-48(54(5)6)15-9-36(42)24-45(39)30-51/h34-51H,7-33H2,1-6H3. The molecule has 0 aromatic heterocycles. The Balaban J connectivity index is 0.820. The van der Waals surface area contributed by atoms with Gasteiger partial charge in [-0.25, -0.2) is 0 Å². The van der Waals surface area contributed by atoms with E-state index < -0.39 is 0 Å². The van der Waals surface area contributed by atoms with Crippen molar-refractivity contribution in [1.29, 1.82) is 0 Å². The Morgan fingerprint density at radius 2 is 0.474 bits per heavy atom. The van der Waals surface area contributed by atoms with Crippen LogP contribution in [0.2, 0.25) is 0 Å². The number of rotatable bonds is 6. The van der Waals surface area contributed by atoms with Gasteiger partial charge in [0.1, 0.15) is 0 Å². The van der Waals surface area contributed by atoms with Crippen molar-refractivity contribution in [2.75, 3.05) is 62.3 Å². The molecule has 10 aliphatic rings. The fourth-order valence-electron chi connectivity index (χ4n) is 17.7. The third-order valence-corrected chi connectivity index (χ3v) is 21.1. The van der Waals surface area contributed by atoms with Crippen molar-refractivity contribution >= 4 is 0 Å². The first kappa shape index (κ1) is 40.8. The Morgan fingerprint density at radius 1 is 0.246 bits per heavy atom. The monoisotopic (exact) mass is 787 g/mol.